The molecular formula is C12H18N2O3. The summed E-state index contributed by atoms with van der Waals surface area (Å²) in [5.41, 5.74) is 7.03. The molecule has 94 valence electrons. The van der Waals surface area contributed by atoms with E-state index in [9.17, 15) is 4.79 Å². The van der Waals surface area contributed by atoms with Crippen molar-refractivity contribution in [3.8, 4) is 11.5 Å². The first-order chi connectivity index (χ1) is 8.13. The molecule has 0 aromatic heterocycles. The average molecular weight is 238 g/mol. The standard InChI is InChI=1S/C12H18N2O3/c1-8-10(16-2)5-4-9(12(8)17-3)7-14-11(15)6-13/h4-5H,6-7,13H2,1-3H3,(H,14,15). The van der Waals surface area contributed by atoms with Crippen LogP contribution in [0.2, 0.25) is 0 Å². The third-order valence-electron chi connectivity index (χ3n) is 2.52. The van der Waals surface area contributed by atoms with E-state index in [-0.39, 0.29) is 12.5 Å². The molecule has 0 atom stereocenters. The van der Waals surface area contributed by atoms with E-state index in [0.717, 1.165) is 22.6 Å². The van der Waals surface area contributed by atoms with E-state index in [1.165, 1.54) is 0 Å². The fourth-order valence-corrected chi connectivity index (χ4v) is 1.64. The number of hydrogen-bond donors (Lipinski definition) is 2. The second-order valence-electron chi connectivity index (χ2n) is 3.57. The minimum Gasteiger partial charge on any atom is -0.496 e. The molecule has 5 heteroatoms. The molecule has 0 aliphatic rings. The van der Waals surface area contributed by atoms with Crippen LogP contribution in [0.1, 0.15) is 11.1 Å². The Morgan fingerprint density at radius 2 is 2.06 bits per heavy atom. The fraction of sp³-hybridized carbons (Fsp3) is 0.417. The fourth-order valence-electron chi connectivity index (χ4n) is 1.64. The molecule has 0 bridgehead atoms. The van der Waals surface area contributed by atoms with E-state index in [1.54, 1.807) is 14.2 Å². The van der Waals surface area contributed by atoms with Gasteiger partial charge in [0.1, 0.15) is 11.5 Å². The van der Waals surface area contributed by atoms with Crippen molar-refractivity contribution in [3.05, 3.63) is 23.3 Å². The van der Waals surface area contributed by atoms with Crippen molar-refractivity contribution in [2.45, 2.75) is 13.5 Å². The first-order valence-electron chi connectivity index (χ1n) is 5.31. The van der Waals surface area contributed by atoms with E-state index < -0.39 is 0 Å². The molecule has 0 fully saturated rings. The predicted molar refractivity (Wildman–Crippen MR) is 65.2 cm³/mol. The highest BCUT2D eigenvalue weighted by molar-refractivity contribution is 5.77. The predicted octanol–water partition coefficient (Wildman–Crippen LogP) is 0.587. The number of hydrogen-bond acceptors (Lipinski definition) is 4. The molecule has 0 saturated heterocycles. The Morgan fingerprint density at radius 3 is 2.59 bits per heavy atom. The van der Waals surface area contributed by atoms with E-state index in [1.807, 2.05) is 19.1 Å². The van der Waals surface area contributed by atoms with Crippen molar-refractivity contribution in [1.29, 1.82) is 0 Å². The molecule has 5 nitrogen and oxygen atoms in total. The number of ether oxygens (including phenoxy) is 2. The Balaban J connectivity index is 2.92. The minimum atomic E-state index is -0.194. The summed E-state index contributed by atoms with van der Waals surface area (Å²) in [6.07, 6.45) is 0. The summed E-state index contributed by atoms with van der Waals surface area (Å²) in [4.78, 5) is 11.1. The minimum absolute atomic E-state index is 0.0164. The van der Waals surface area contributed by atoms with Gasteiger partial charge in [0.05, 0.1) is 20.8 Å². The van der Waals surface area contributed by atoms with Crippen molar-refractivity contribution in [2.75, 3.05) is 20.8 Å². The van der Waals surface area contributed by atoms with Crippen LogP contribution in [0, 0.1) is 6.92 Å². The maximum absolute atomic E-state index is 11.1. The van der Waals surface area contributed by atoms with Gasteiger partial charge < -0.3 is 20.5 Å². The van der Waals surface area contributed by atoms with Gasteiger partial charge in [-0.2, -0.15) is 0 Å². The molecular weight excluding hydrogens is 220 g/mol. The summed E-state index contributed by atoms with van der Waals surface area (Å²) < 4.78 is 10.5. The smallest absolute Gasteiger partial charge is 0.234 e. The zero-order chi connectivity index (χ0) is 12.8. The van der Waals surface area contributed by atoms with Crippen molar-refractivity contribution < 1.29 is 14.3 Å². The first-order valence-corrected chi connectivity index (χ1v) is 5.31. The number of carbonyl (C=O) groups excluding carboxylic acids is 1. The molecule has 0 aliphatic heterocycles. The van der Waals surface area contributed by atoms with Gasteiger partial charge in [0.15, 0.2) is 0 Å². The Kier molecular flexibility index (Phi) is 4.78. The summed E-state index contributed by atoms with van der Waals surface area (Å²) in [6.45, 7) is 2.29. The van der Waals surface area contributed by atoms with Gasteiger partial charge in [-0.15, -0.1) is 0 Å². The Hall–Kier alpha value is -1.75. The monoisotopic (exact) mass is 238 g/mol. The van der Waals surface area contributed by atoms with Crippen LogP contribution in [-0.4, -0.2) is 26.7 Å². The van der Waals surface area contributed by atoms with Crippen LogP contribution in [0.4, 0.5) is 0 Å². The van der Waals surface area contributed by atoms with E-state index in [0.29, 0.717) is 6.54 Å². The summed E-state index contributed by atoms with van der Waals surface area (Å²) in [5, 5.41) is 2.70. The van der Waals surface area contributed by atoms with Gasteiger partial charge in [0, 0.05) is 17.7 Å². The lowest BCUT2D eigenvalue weighted by Crippen LogP contribution is -2.29. The number of nitrogens with two attached hydrogens (primary N) is 1. The zero-order valence-corrected chi connectivity index (χ0v) is 10.4. The van der Waals surface area contributed by atoms with Crippen LogP contribution < -0.4 is 20.5 Å². The van der Waals surface area contributed by atoms with Gasteiger partial charge in [-0.3, -0.25) is 4.79 Å². The molecule has 17 heavy (non-hydrogen) atoms. The highest BCUT2D eigenvalue weighted by Gasteiger charge is 2.11. The summed E-state index contributed by atoms with van der Waals surface area (Å²) in [6, 6.07) is 3.71. The number of benzene rings is 1. The molecule has 1 amide bonds. The van der Waals surface area contributed by atoms with Gasteiger partial charge in [-0.05, 0) is 19.1 Å². The summed E-state index contributed by atoms with van der Waals surface area (Å²) in [5.74, 6) is 1.29. The normalized spacial score (nSPS) is 9.88. The van der Waals surface area contributed by atoms with Gasteiger partial charge in [0.25, 0.3) is 0 Å². The quantitative estimate of drug-likeness (QED) is 0.787. The van der Waals surface area contributed by atoms with Gasteiger partial charge in [-0.1, -0.05) is 0 Å². The van der Waals surface area contributed by atoms with Crippen molar-refractivity contribution in [2.24, 2.45) is 5.73 Å². The van der Waals surface area contributed by atoms with Crippen LogP contribution in [-0.2, 0) is 11.3 Å². The molecule has 0 radical (unpaired) electrons. The lowest BCUT2D eigenvalue weighted by atomic mass is 10.1. The molecule has 0 unspecified atom stereocenters. The summed E-state index contributed by atoms with van der Waals surface area (Å²) in [7, 11) is 3.20. The SMILES string of the molecule is COc1ccc(CNC(=O)CN)c(OC)c1C. The van der Waals surface area contributed by atoms with Crippen LogP contribution in [0.3, 0.4) is 0 Å². The Morgan fingerprint density at radius 1 is 1.35 bits per heavy atom. The van der Waals surface area contributed by atoms with Gasteiger partial charge in [-0.25, -0.2) is 0 Å². The maximum atomic E-state index is 11.1. The largest absolute Gasteiger partial charge is 0.496 e. The highest BCUT2D eigenvalue weighted by Crippen LogP contribution is 2.31. The second kappa shape index (κ2) is 6.10. The third-order valence-corrected chi connectivity index (χ3v) is 2.52. The van der Waals surface area contributed by atoms with Gasteiger partial charge >= 0.3 is 0 Å². The van der Waals surface area contributed by atoms with Crippen LogP contribution in [0.5, 0.6) is 11.5 Å². The summed E-state index contributed by atoms with van der Waals surface area (Å²) >= 11 is 0. The van der Waals surface area contributed by atoms with Crippen molar-refractivity contribution in [3.63, 3.8) is 0 Å². The molecule has 0 aliphatic carbocycles. The van der Waals surface area contributed by atoms with Gasteiger partial charge in [0.2, 0.25) is 5.91 Å². The number of methoxy groups -OCH3 is 2. The molecule has 0 spiro atoms. The molecule has 1 aromatic carbocycles. The maximum Gasteiger partial charge on any atom is 0.234 e. The van der Waals surface area contributed by atoms with Crippen molar-refractivity contribution in [1.82, 2.24) is 5.32 Å². The third kappa shape index (κ3) is 3.10. The topological polar surface area (TPSA) is 73.6 Å². The molecule has 0 saturated carbocycles. The van der Waals surface area contributed by atoms with Crippen LogP contribution >= 0.6 is 0 Å². The zero-order valence-electron chi connectivity index (χ0n) is 10.4. The Bertz CT molecular complexity index is 405. The average Bonchev–Trinajstić information content (AvgIpc) is 2.35. The first kappa shape index (κ1) is 13.3. The lowest BCUT2D eigenvalue weighted by molar-refractivity contribution is -0.119. The second-order valence-corrected chi connectivity index (χ2v) is 3.57. The number of nitrogens with one attached hydrogen (secondary N) is 1. The number of rotatable bonds is 5. The van der Waals surface area contributed by atoms with Crippen LogP contribution in [0.25, 0.3) is 0 Å². The van der Waals surface area contributed by atoms with E-state index in [4.69, 9.17) is 15.2 Å². The lowest BCUT2D eigenvalue weighted by Gasteiger charge is -2.14. The molecule has 1 rings (SSSR count). The molecule has 3 N–H and O–H groups in total. The number of carbonyl (C=O) groups is 1. The number of amides is 1. The van der Waals surface area contributed by atoms with E-state index >= 15 is 0 Å². The molecule has 0 heterocycles. The van der Waals surface area contributed by atoms with Crippen LogP contribution in [0.15, 0.2) is 12.1 Å². The van der Waals surface area contributed by atoms with E-state index in [2.05, 4.69) is 5.32 Å². The van der Waals surface area contributed by atoms with Crippen molar-refractivity contribution >= 4 is 5.91 Å². The molecule has 1 aromatic rings. The highest BCUT2D eigenvalue weighted by atomic mass is 16.5. The Labute approximate surface area is 101 Å².